The monoisotopic (exact) mass is 387 g/mol. The van der Waals surface area contributed by atoms with Crippen LogP contribution in [0.5, 0.6) is 5.75 Å². The third-order valence-corrected chi connectivity index (χ3v) is 5.29. The van der Waals surface area contributed by atoms with Crippen LogP contribution in [0.1, 0.15) is 16.1 Å². The lowest BCUT2D eigenvalue weighted by Gasteiger charge is -2.17. The molecule has 0 atom stereocenters. The number of ether oxygens (including phenoxy) is 1. The van der Waals surface area contributed by atoms with E-state index in [4.69, 9.17) is 10.5 Å². The average Bonchev–Trinajstić information content (AvgIpc) is 3.07. The molecular formula is C19H22FN5OS. The maximum absolute atomic E-state index is 13.4. The Balaban J connectivity index is 1.76. The van der Waals surface area contributed by atoms with Gasteiger partial charge >= 0.3 is 0 Å². The first-order chi connectivity index (χ1) is 13.0. The molecule has 2 aromatic heterocycles. The highest BCUT2D eigenvalue weighted by molar-refractivity contribution is 7.09. The topological polar surface area (TPSA) is 77.2 Å². The van der Waals surface area contributed by atoms with Crippen molar-refractivity contribution in [2.45, 2.75) is 19.9 Å². The Bertz CT molecular complexity index is 930. The lowest BCUT2D eigenvalue weighted by molar-refractivity contribution is 0.331. The van der Waals surface area contributed by atoms with E-state index in [9.17, 15) is 4.39 Å². The van der Waals surface area contributed by atoms with Crippen LogP contribution < -0.4 is 10.5 Å². The van der Waals surface area contributed by atoms with Gasteiger partial charge in [-0.2, -0.15) is 0 Å². The average molecular weight is 387 g/mol. The minimum atomic E-state index is -0.632. The van der Waals surface area contributed by atoms with Crippen LogP contribution in [0.25, 0.3) is 11.4 Å². The molecule has 6 nitrogen and oxygen atoms in total. The number of thiazole rings is 1. The summed E-state index contributed by atoms with van der Waals surface area (Å²) in [6.07, 6.45) is 2.04. The van der Waals surface area contributed by atoms with E-state index >= 15 is 0 Å². The smallest absolute Gasteiger partial charge is 0.183 e. The number of benzene rings is 1. The number of nitrogens with two attached hydrogens (primary N) is 1. The number of halogens is 1. The van der Waals surface area contributed by atoms with E-state index in [0.29, 0.717) is 17.1 Å². The minimum absolute atomic E-state index is 0.176. The van der Waals surface area contributed by atoms with Crippen molar-refractivity contribution in [1.82, 2.24) is 19.9 Å². The van der Waals surface area contributed by atoms with E-state index < -0.39 is 5.82 Å². The summed E-state index contributed by atoms with van der Waals surface area (Å²) in [5.41, 5.74) is 10.3. The summed E-state index contributed by atoms with van der Waals surface area (Å²) in [4.78, 5) is 15.9. The van der Waals surface area contributed by atoms with Gasteiger partial charge in [-0.1, -0.05) is 6.07 Å². The Kier molecular flexibility index (Phi) is 5.98. The molecule has 0 unspecified atom stereocenters. The van der Waals surface area contributed by atoms with Crippen LogP contribution in [0.15, 0.2) is 29.9 Å². The highest BCUT2D eigenvalue weighted by Gasteiger charge is 2.13. The molecule has 0 saturated heterocycles. The number of hydrogen-bond acceptors (Lipinski definition) is 7. The molecule has 0 aliphatic carbocycles. The number of nitrogens with zero attached hydrogens (tertiary/aromatic N) is 4. The first-order valence-corrected chi connectivity index (χ1v) is 9.38. The minimum Gasteiger partial charge on any atom is -0.496 e. The Morgan fingerprint density at radius 2 is 2.11 bits per heavy atom. The predicted octanol–water partition coefficient (Wildman–Crippen LogP) is 3.31. The van der Waals surface area contributed by atoms with Crippen LogP contribution in [0.4, 0.5) is 10.2 Å². The van der Waals surface area contributed by atoms with Crippen LogP contribution in [-0.4, -0.2) is 40.6 Å². The highest BCUT2D eigenvalue weighted by atomic mass is 32.1. The molecule has 0 fully saturated rings. The highest BCUT2D eigenvalue weighted by Crippen LogP contribution is 2.29. The number of aromatic nitrogens is 3. The van der Waals surface area contributed by atoms with Crippen molar-refractivity contribution in [2.24, 2.45) is 0 Å². The van der Waals surface area contributed by atoms with E-state index in [1.165, 1.54) is 4.88 Å². The summed E-state index contributed by atoms with van der Waals surface area (Å²) < 4.78 is 18.8. The van der Waals surface area contributed by atoms with Crippen molar-refractivity contribution in [2.75, 3.05) is 26.4 Å². The van der Waals surface area contributed by atoms with Gasteiger partial charge < -0.3 is 15.4 Å². The molecule has 142 valence electrons. The summed E-state index contributed by atoms with van der Waals surface area (Å²) in [7, 11) is 3.65. The summed E-state index contributed by atoms with van der Waals surface area (Å²) >= 11 is 1.69. The molecule has 0 saturated carbocycles. The van der Waals surface area contributed by atoms with Gasteiger partial charge in [0, 0.05) is 18.0 Å². The molecule has 0 aliphatic rings. The number of methoxy groups -OCH3 is 1. The van der Waals surface area contributed by atoms with Crippen LogP contribution in [0.3, 0.4) is 0 Å². The van der Waals surface area contributed by atoms with Crippen LogP contribution >= 0.6 is 11.3 Å². The molecule has 3 aromatic rings. The molecule has 0 spiro atoms. The lowest BCUT2D eigenvalue weighted by atomic mass is 10.1. The molecule has 0 bridgehead atoms. The second kappa shape index (κ2) is 8.41. The fraction of sp³-hybridized carbons (Fsp3) is 0.316. The molecule has 0 radical (unpaired) electrons. The van der Waals surface area contributed by atoms with E-state index in [1.807, 2.05) is 30.6 Å². The summed E-state index contributed by atoms with van der Waals surface area (Å²) in [5, 5.41) is 0. The normalized spacial score (nSPS) is 11.1. The first kappa shape index (κ1) is 19.2. The Morgan fingerprint density at radius 1 is 1.30 bits per heavy atom. The number of aryl methyl sites for hydroxylation is 1. The summed E-state index contributed by atoms with van der Waals surface area (Å²) in [6.45, 7) is 3.71. The summed E-state index contributed by atoms with van der Waals surface area (Å²) in [5.74, 6) is 0.153. The molecule has 8 heteroatoms. The van der Waals surface area contributed by atoms with E-state index in [1.54, 1.807) is 18.4 Å². The number of rotatable bonds is 7. The van der Waals surface area contributed by atoms with Gasteiger partial charge in [-0.15, -0.1) is 11.3 Å². The quantitative estimate of drug-likeness (QED) is 0.670. The fourth-order valence-corrected chi connectivity index (χ4v) is 3.56. The number of hydrogen-bond donors (Lipinski definition) is 1. The van der Waals surface area contributed by atoms with E-state index in [2.05, 4.69) is 26.9 Å². The van der Waals surface area contributed by atoms with E-state index in [-0.39, 0.29) is 5.82 Å². The molecule has 0 aliphatic heterocycles. The fourth-order valence-electron chi connectivity index (χ4n) is 2.79. The third-order valence-electron chi connectivity index (χ3n) is 4.29. The van der Waals surface area contributed by atoms with Crippen molar-refractivity contribution in [3.05, 3.63) is 51.9 Å². The van der Waals surface area contributed by atoms with Gasteiger partial charge in [0.1, 0.15) is 5.75 Å². The lowest BCUT2D eigenvalue weighted by Crippen LogP contribution is -2.20. The third kappa shape index (κ3) is 4.58. The maximum atomic E-state index is 13.4. The van der Waals surface area contributed by atoms with Crippen molar-refractivity contribution in [3.63, 3.8) is 0 Å². The molecule has 2 N–H and O–H groups in total. The second-order valence-electron chi connectivity index (χ2n) is 6.31. The first-order valence-electron chi connectivity index (χ1n) is 8.50. The van der Waals surface area contributed by atoms with Gasteiger partial charge in [-0.3, -0.25) is 0 Å². The Labute approximate surface area is 161 Å². The molecule has 27 heavy (non-hydrogen) atoms. The number of anilines is 1. The molecule has 2 heterocycles. The zero-order valence-corrected chi connectivity index (χ0v) is 16.4. The molecule has 1 aromatic carbocycles. The van der Waals surface area contributed by atoms with Crippen molar-refractivity contribution in [3.8, 4) is 17.1 Å². The Hall–Kier alpha value is -2.58. The van der Waals surface area contributed by atoms with Crippen LogP contribution in [0, 0.1) is 12.7 Å². The second-order valence-corrected chi connectivity index (χ2v) is 7.25. The van der Waals surface area contributed by atoms with Gasteiger partial charge in [0.25, 0.3) is 0 Å². The summed E-state index contributed by atoms with van der Waals surface area (Å²) in [6, 6.07) is 5.83. The van der Waals surface area contributed by atoms with Crippen molar-refractivity contribution >= 4 is 17.2 Å². The van der Waals surface area contributed by atoms with E-state index in [0.717, 1.165) is 37.0 Å². The number of likely N-dealkylation sites (N-methyl/N-ethyl adjacent to an activating group) is 1. The predicted molar refractivity (Wildman–Crippen MR) is 105 cm³/mol. The van der Waals surface area contributed by atoms with Crippen LogP contribution in [0.2, 0.25) is 0 Å². The number of nitrogen functional groups attached to an aromatic ring is 1. The van der Waals surface area contributed by atoms with Gasteiger partial charge in [0.2, 0.25) is 0 Å². The van der Waals surface area contributed by atoms with Crippen LogP contribution in [-0.2, 0) is 13.0 Å². The molecule has 0 amide bonds. The van der Waals surface area contributed by atoms with Crippen molar-refractivity contribution in [1.29, 1.82) is 0 Å². The maximum Gasteiger partial charge on any atom is 0.183 e. The van der Waals surface area contributed by atoms with Gasteiger partial charge in [0.15, 0.2) is 17.5 Å². The zero-order valence-electron chi connectivity index (χ0n) is 15.6. The van der Waals surface area contributed by atoms with Gasteiger partial charge in [0.05, 0.1) is 30.1 Å². The SMILES string of the molecule is COc1ccc(CN(C)CCc2scnc2C)cc1-c1ncc(F)c(N)n1. The Morgan fingerprint density at radius 3 is 2.78 bits per heavy atom. The molecule has 3 rings (SSSR count). The largest absolute Gasteiger partial charge is 0.496 e. The standard InChI is InChI=1S/C19H22FN5OS/c1-12-17(27-11-23-12)6-7-25(2)10-13-4-5-16(26-3)14(8-13)19-22-9-15(20)18(21)24-19/h4-5,8-9,11H,6-7,10H2,1-3H3,(H2,21,22,24). The molecular weight excluding hydrogens is 365 g/mol. The van der Waals surface area contributed by atoms with Gasteiger partial charge in [-0.05, 0) is 38.1 Å². The van der Waals surface area contributed by atoms with Gasteiger partial charge in [-0.25, -0.2) is 19.3 Å². The zero-order chi connectivity index (χ0) is 19.4. The van der Waals surface area contributed by atoms with Crippen molar-refractivity contribution < 1.29 is 9.13 Å².